The number of hydrogen-bond donors (Lipinski definition) is 1. The molecule has 1 saturated carbocycles. The highest BCUT2D eigenvalue weighted by atomic mass is 32.1. The number of hydrogen-bond acceptors (Lipinski definition) is 4. The van der Waals surface area contributed by atoms with Crippen molar-refractivity contribution in [3.05, 3.63) is 16.6 Å². The molecule has 2 aliphatic rings. The molecule has 0 spiro atoms. The summed E-state index contributed by atoms with van der Waals surface area (Å²) < 4.78 is 0. The molecule has 1 aromatic rings. The molecular formula is C16H23N3O2S. The lowest BCUT2D eigenvalue weighted by Crippen LogP contribution is -2.45. The number of thiazole rings is 1. The van der Waals surface area contributed by atoms with Gasteiger partial charge in [-0.15, -0.1) is 11.3 Å². The Kier molecular flexibility index (Phi) is 4.76. The van der Waals surface area contributed by atoms with Crippen molar-refractivity contribution in [1.29, 1.82) is 0 Å². The Hall–Kier alpha value is -1.43. The zero-order valence-corrected chi connectivity index (χ0v) is 13.8. The first-order valence-electron chi connectivity index (χ1n) is 8.10. The number of rotatable bonds is 5. The van der Waals surface area contributed by atoms with Crippen molar-refractivity contribution in [3.63, 3.8) is 0 Å². The Morgan fingerprint density at radius 2 is 2.05 bits per heavy atom. The Morgan fingerprint density at radius 1 is 1.32 bits per heavy atom. The first-order chi connectivity index (χ1) is 10.6. The van der Waals surface area contributed by atoms with Gasteiger partial charge in [0.15, 0.2) is 0 Å². The number of carbonyl (C=O) groups is 2. The highest BCUT2D eigenvalue weighted by Gasteiger charge is 2.36. The summed E-state index contributed by atoms with van der Waals surface area (Å²) in [6.07, 6.45) is 6.36. The summed E-state index contributed by atoms with van der Waals surface area (Å²) in [5.41, 5.74) is 1.82. The van der Waals surface area contributed by atoms with Crippen molar-refractivity contribution in [2.75, 3.05) is 13.1 Å². The molecule has 1 aromatic heterocycles. The number of nitrogens with one attached hydrogen (secondary N) is 1. The second-order valence-electron chi connectivity index (χ2n) is 6.46. The summed E-state index contributed by atoms with van der Waals surface area (Å²) in [5, 5.41) is 3.10. The molecule has 2 amide bonds. The lowest BCUT2D eigenvalue weighted by molar-refractivity contribution is -0.136. The first-order valence-corrected chi connectivity index (χ1v) is 8.98. The molecule has 0 bridgehead atoms. The summed E-state index contributed by atoms with van der Waals surface area (Å²) >= 11 is 1.62. The van der Waals surface area contributed by atoms with Crippen molar-refractivity contribution in [1.82, 2.24) is 15.2 Å². The predicted octanol–water partition coefficient (Wildman–Crippen LogP) is 1.84. The second kappa shape index (κ2) is 6.77. The average molecular weight is 321 g/mol. The fourth-order valence-corrected chi connectivity index (χ4v) is 3.73. The van der Waals surface area contributed by atoms with E-state index in [9.17, 15) is 9.59 Å². The maximum atomic E-state index is 12.3. The molecule has 2 heterocycles. The maximum Gasteiger partial charge on any atom is 0.225 e. The van der Waals surface area contributed by atoms with Gasteiger partial charge in [-0.25, -0.2) is 0 Å². The van der Waals surface area contributed by atoms with Gasteiger partial charge in [-0.05, 0) is 32.6 Å². The van der Waals surface area contributed by atoms with Gasteiger partial charge >= 0.3 is 0 Å². The third-order valence-electron chi connectivity index (χ3n) is 4.48. The summed E-state index contributed by atoms with van der Waals surface area (Å²) in [4.78, 5) is 31.5. The molecule has 1 atom stereocenters. The van der Waals surface area contributed by atoms with Gasteiger partial charge in [0.05, 0.1) is 5.51 Å². The van der Waals surface area contributed by atoms with Crippen LogP contribution in [0.25, 0.3) is 0 Å². The van der Waals surface area contributed by atoms with E-state index in [4.69, 9.17) is 0 Å². The van der Waals surface area contributed by atoms with Crippen LogP contribution < -0.4 is 5.32 Å². The van der Waals surface area contributed by atoms with Crippen molar-refractivity contribution in [2.24, 2.45) is 11.8 Å². The van der Waals surface area contributed by atoms with Crippen LogP contribution in [0.3, 0.4) is 0 Å². The lowest BCUT2D eigenvalue weighted by atomic mass is 9.95. The minimum atomic E-state index is 0.0483. The summed E-state index contributed by atoms with van der Waals surface area (Å²) in [7, 11) is 0. The summed E-state index contributed by atoms with van der Waals surface area (Å²) in [5.74, 6) is 0.768. The Morgan fingerprint density at radius 3 is 2.64 bits per heavy atom. The monoisotopic (exact) mass is 321 g/mol. The molecule has 0 aromatic carbocycles. The average Bonchev–Trinajstić information content (AvgIpc) is 3.25. The number of amides is 2. The van der Waals surface area contributed by atoms with E-state index in [0.717, 1.165) is 45.2 Å². The van der Waals surface area contributed by atoms with Crippen LogP contribution in [0.1, 0.15) is 37.5 Å². The van der Waals surface area contributed by atoms with Gasteiger partial charge in [0.2, 0.25) is 11.8 Å². The number of piperidine rings is 1. The molecule has 1 saturated heterocycles. The Labute approximate surface area is 135 Å². The van der Waals surface area contributed by atoms with Crippen LogP contribution in [0.15, 0.2) is 11.7 Å². The third-order valence-corrected chi connectivity index (χ3v) is 5.29. The zero-order valence-electron chi connectivity index (χ0n) is 13.0. The fourth-order valence-electron chi connectivity index (χ4n) is 3.01. The molecule has 6 heteroatoms. The lowest BCUT2D eigenvalue weighted by Gasteiger charge is -2.32. The molecule has 22 heavy (non-hydrogen) atoms. The van der Waals surface area contributed by atoms with E-state index in [1.807, 2.05) is 23.5 Å². The number of aromatic nitrogens is 1. The topological polar surface area (TPSA) is 62.3 Å². The zero-order chi connectivity index (χ0) is 15.5. The highest BCUT2D eigenvalue weighted by Crippen LogP contribution is 2.32. The number of likely N-dealkylation sites (tertiary alicyclic amines) is 1. The van der Waals surface area contributed by atoms with Gasteiger partial charge in [0.1, 0.15) is 0 Å². The van der Waals surface area contributed by atoms with Crippen molar-refractivity contribution < 1.29 is 9.59 Å². The quantitative estimate of drug-likeness (QED) is 0.900. The highest BCUT2D eigenvalue weighted by molar-refractivity contribution is 7.09. The first kappa shape index (κ1) is 15.5. The molecule has 3 rings (SSSR count). The van der Waals surface area contributed by atoms with E-state index < -0.39 is 0 Å². The van der Waals surface area contributed by atoms with Crippen molar-refractivity contribution in [2.45, 2.75) is 45.1 Å². The maximum absolute atomic E-state index is 12.3. The normalized spacial score (nSPS) is 20.7. The fraction of sp³-hybridized carbons (Fsp3) is 0.688. The molecule has 2 fully saturated rings. The second-order valence-corrected chi connectivity index (χ2v) is 7.43. The number of carbonyl (C=O) groups excluding carboxylic acids is 2. The van der Waals surface area contributed by atoms with E-state index in [1.54, 1.807) is 11.3 Å². The van der Waals surface area contributed by atoms with E-state index in [0.29, 0.717) is 5.91 Å². The van der Waals surface area contributed by atoms with Crippen molar-refractivity contribution in [3.8, 4) is 0 Å². The molecule has 0 unspecified atom stereocenters. The predicted molar refractivity (Wildman–Crippen MR) is 85.5 cm³/mol. The molecule has 5 nitrogen and oxygen atoms in total. The van der Waals surface area contributed by atoms with Gasteiger partial charge < -0.3 is 10.2 Å². The van der Waals surface area contributed by atoms with Crippen LogP contribution in [-0.4, -0.2) is 40.8 Å². The molecule has 1 aliphatic heterocycles. The third kappa shape index (κ3) is 3.85. The van der Waals surface area contributed by atoms with Gasteiger partial charge in [0, 0.05) is 48.5 Å². The van der Waals surface area contributed by atoms with Crippen LogP contribution in [0.5, 0.6) is 0 Å². The van der Waals surface area contributed by atoms with Gasteiger partial charge in [-0.1, -0.05) is 0 Å². The molecule has 1 aliphatic carbocycles. The van der Waals surface area contributed by atoms with Crippen LogP contribution in [0.2, 0.25) is 0 Å². The smallest absolute Gasteiger partial charge is 0.225 e. The molecule has 0 radical (unpaired) electrons. The summed E-state index contributed by atoms with van der Waals surface area (Å²) in [6, 6.07) is 0.124. The van der Waals surface area contributed by atoms with E-state index in [1.165, 1.54) is 4.88 Å². The van der Waals surface area contributed by atoms with Crippen LogP contribution in [-0.2, 0) is 16.0 Å². The summed E-state index contributed by atoms with van der Waals surface area (Å²) in [6.45, 7) is 3.50. The minimum absolute atomic E-state index is 0.0483. The van der Waals surface area contributed by atoms with E-state index in [2.05, 4.69) is 10.3 Å². The molecule has 120 valence electrons. The molecule has 1 N–H and O–H groups in total. The van der Waals surface area contributed by atoms with E-state index in [-0.39, 0.29) is 23.8 Å². The van der Waals surface area contributed by atoms with Crippen LogP contribution in [0, 0.1) is 11.8 Å². The SMILES string of the molecule is C[C@@H](Cc1cncs1)NC(=O)C1CCN(C(=O)C2CC2)CC1. The van der Waals surface area contributed by atoms with Gasteiger partial charge in [0.25, 0.3) is 0 Å². The van der Waals surface area contributed by atoms with Gasteiger partial charge in [-0.3, -0.25) is 14.6 Å². The Balaban J connectivity index is 1.42. The van der Waals surface area contributed by atoms with Gasteiger partial charge in [-0.2, -0.15) is 0 Å². The minimum Gasteiger partial charge on any atom is -0.353 e. The number of nitrogens with zero attached hydrogens (tertiary/aromatic N) is 2. The van der Waals surface area contributed by atoms with Crippen LogP contribution in [0.4, 0.5) is 0 Å². The van der Waals surface area contributed by atoms with Crippen LogP contribution >= 0.6 is 11.3 Å². The largest absolute Gasteiger partial charge is 0.353 e. The van der Waals surface area contributed by atoms with Crippen molar-refractivity contribution >= 4 is 23.2 Å². The standard InChI is InChI=1S/C16H23N3O2S/c1-11(8-14-9-17-10-22-14)18-15(20)12-4-6-19(7-5-12)16(21)13-2-3-13/h9-13H,2-8H2,1H3,(H,18,20)/t11-/m0/s1. The Bertz CT molecular complexity index is 520. The molecular weight excluding hydrogens is 298 g/mol. The van der Waals surface area contributed by atoms with E-state index >= 15 is 0 Å².